The molecule has 1 aromatic rings. The standard InChI is InChI=1S/C16H20N2O2S/c1-2-18-13-9-11(7-8-14(13)21-10-15(18)19)16(20)17-12-5-3-4-6-12/h7-9,12H,2-6,10H2,1H3,(H,17,20). The fraction of sp³-hybridized carbons (Fsp3) is 0.500. The van der Waals surface area contributed by atoms with E-state index in [1.165, 1.54) is 12.8 Å². The second-order valence-electron chi connectivity index (χ2n) is 5.56. The number of carbonyl (C=O) groups is 2. The van der Waals surface area contributed by atoms with Crippen molar-refractivity contribution in [3.63, 3.8) is 0 Å². The van der Waals surface area contributed by atoms with Crippen molar-refractivity contribution in [2.24, 2.45) is 0 Å². The molecule has 0 unspecified atom stereocenters. The van der Waals surface area contributed by atoms with Gasteiger partial charge < -0.3 is 10.2 Å². The van der Waals surface area contributed by atoms with Crippen molar-refractivity contribution in [2.45, 2.75) is 43.5 Å². The van der Waals surface area contributed by atoms with Gasteiger partial charge in [0.15, 0.2) is 0 Å². The summed E-state index contributed by atoms with van der Waals surface area (Å²) in [6, 6.07) is 5.98. The quantitative estimate of drug-likeness (QED) is 0.934. The van der Waals surface area contributed by atoms with Gasteiger partial charge in [-0.25, -0.2) is 0 Å². The highest BCUT2D eigenvalue weighted by atomic mass is 32.2. The number of amides is 2. The molecule has 0 aromatic heterocycles. The van der Waals surface area contributed by atoms with Crippen molar-refractivity contribution >= 4 is 29.3 Å². The molecule has 0 bridgehead atoms. The van der Waals surface area contributed by atoms with Crippen molar-refractivity contribution in [1.29, 1.82) is 0 Å². The van der Waals surface area contributed by atoms with Gasteiger partial charge in [0.1, 0.15) is 0 Å². The van der Waals surface area contributed by atoms with E-state index in [1.54, 1.807) is 16.7 Å². The second-order valence-corrected chi connectivity index (χ2v) is 6.58. The minimum atomic E-state index is -0.0243. The first-order valence-corrected chi connectivity index (χ1v) is 8.55. The number of fused-ring (bicyclic) bond motifs is 1. The third-order valence-corrected chi connectivity index (χ3v) is 5.22. The van der Waals surface area contributed by atoms with Crippen LogP contribution in [0.3, 0.4) is 0 Å². The van der Waals surface area contributed by atoms with Crippen LogP contribution in [-0.2, 0) is 4.79 Å². The van der Waals surface area contributed by atoms with Crippen molar-refractivity contribution in [3.8, 4) is 0 Å². The second kappa shape index (κ2) is 6.10. The predicted octanol–water partition coefficient (Wildman–Crippen LogP) is 2.82. The molecule has 2 amide bonds. The SMILES string of the molecule is CCN1C(=O)CSc2ccc(C(=O)NC3CCCC3)cc21. The van der Waals surface area contributed by atoms with Crippen LogP contribution in [0.5, 0.6) is 0 Å². The molecule has 1 aromatic carbocycles. The van der Waals surface area contributed by atoms with Gasteiger partial charge in [0.05, 0.1) is 11.4 Å². The Kier molecular flexibility index (Phi) is 4.19. The molecule has 3 rings (SSSR count). The zero-order chi connectivity index (χ0) is 14.8. The molecule has 5 heteroatoms. The Hall–Kier alpha value is -1.49. The molecule has 0 radical (unpaired) electrons. The Morgan fingerprint density at radius 1 is 1.38 bits per heavy atom. The molecule has 1 heterocycles. The van der Waals surface area contributed by atoms with E-state index in [4.69, 9.17) is 0 Å². The molecule has 112 valence electrons. The maximum absolute atomic E-state index is 12.3. The lowest BCUT2D eigenvalue weighted by atomic mass is 10.1. The number of carbonyl (C=O) groups excluding carboxylic acids is 2. The highest BCUT2D eigenvalue weighted by molar-refractivity contribution is 8.00. The number of nitrogens with zero attached hydrogens (tertiary/aromatic N) is 1. The summed E-state index contributed by atoms with van der Waals surface area (Å²) in [7, 11) is 0. The maximum Gasteiger partial charge on any atom is 0.251 e. The number of thioether (sulfide) groups is 1. The minimum Gasteiger partial charge on any atom is -0.349 e. The fourth-order valence-electron chi connectivity index (χ4n) is 3.03. The van der Waals surface area contributed by atoms with Gasteiger partial charge >= 0.3 is 0 Å². The van der Waals surface area contributed by atoms with Crippen LogP contribution in [0.15, 0.2) is 23.1 Å². The normalized spacial score (nSPS) is 18.7. The van der Waals surface area contributed by atoms with E-state index < -0.39 is 0 Å². The number of hydrogen-bond acceptors (Lipinski definition) is 3. The highest BCUT2D eigenvalue weighted by Crippen LogP contribution is 2.35. The fourth-order valence-corrected chi connectivity index (χ4v) is 3.95. The van der Waals surface area contributed by atoms with Gasteiger partial charge in [-0.15, -0.1) is 11.8 Å². The monoisotopic (exact) mass is 304 g/mol. The highest BCUT2D eigenvalue weighted by Gasteiger charge is 2.25. The molecule has 1 N–H and O–H groups in total. The van der Waals surface area contributed by atoms with Gasteiger partial charge in [-0.05, 0) is 38.0 Å². The van der Waals surface area contributed by atoms with Gasteiger partial charge in [0.25, 0.3) is 5.91 Å². The molecule has 4 nitrogen and oxygen atoms in total. The molecule has 1 saturated carbocycles. The third kappa shape index (κ3) is 2.93. The van der Waals surface area contributed by atoms with Gasteiger partial charge in [0, 0.05) is 23.0 Å². The summed E-state index contributed by atoms with van der Waals surface area (Å²) in [6.45, 7) is 2.60. The number of rotatable bonds is 3. The van der Waals surface area contributed by atoms with Crippen molar-refractivity contribution in [2.75, 3.05) is 17.2 Å². The Morgan fingerprint density at radius 3 is 2.86 bits per heavy atom. The molecule has 21 heavy (non-hydrogen) atoms. The summed E-state index contributed by atoms with van der Waals surface area (Å²) >= 11 is 1.55. The lowest BCUT2D eigenvalue weighted by molar-refractivity contribution is -0.116. The smallest absolute Gasteiger partial charge is 0.251 e. The van der Waals surface area contributed by atoms with Crippen LogP contribution in [-0.4, -0.2) is 30.2 Å². The average Bonchev–Trinajstić information content (AvgIpc) is 2.99. The van der Waals surface area contributed by atoms with Crippen LogP contribution >= 0.6 is 11.8 Å². The molecule has 2 aliphatic rings. The molecule has 1 aliphatic carbocycles. The van der Waals surface area contributed by atoms with Crippen molar-refractivity contribution in [3.05, 3.63) is 23.8 Å². The largest absolute Gasteiger partial charge is 0.349 e. The van der Waals surface area contributed by atoms with E-state index in [9.17, 15) is 9.59 Å². The summed E-state index contributed by atoms with van der Waals surface area (Å²) < 4.78 is 0. The average molecular weight is 304 g/mol. The van der Waals surface area contributed by atoms with E-state index in [0.29, 0.717) is 23.9 Å². The van der Waals surface area contributed by atoms with Crippen LogP contribution in [0.1, 0.15) is 43.0 Å². The molecular weight excluding hydrogens is 284 g/mol. The Balaban J connectivity index is 1.82. The first-order valence-electron chi connectivity index (χ1n) is 7.57. The molecule has 0 spiro atoms. The topological polar surface area (TPSA) is 49.4 Å². The van der Waals surface area contributed by atoms with Crippen LogP contribution in [0.25, 0.3) is 0 Å². The predicted molar refractivity (Wildman–Crippen MR) is 84.9 cm³/mol. The van der Waals surface area contributed by atoms with Gasteiger partial charge in [0.2, 0.25) is 5.91 Å². The number of hydrogen-bond donors (Lipinski definition) is 1. The van der Waals surface area contributed by atoms with E-state index in [2.05, 4.69) is 5.32 Å². The van der Waals surface area contributed by atoms with Crippen LogP contribution in [0.2, 0.25) is 0 Å². The molecule has 1 fully saturated rings. The zero-order valence-corrected chi connectivity index (χ0v) is 13.0. The zero-order valence-electron chi connectivity index (χ0n) is 12.2. The van der Waals surface area contributed by atoms with E-state index in [0.717, 1.165) is 23.4 Å². The summed E-state index contributed by atoms with van der Waals surface area (Å²) in [5.74, 6) is 0.571. The molecular formula is C16H20N2O2S. The first-order chi connectivity index (χ1) is 10.2. The van der Waals surface area contributed by atoms with E-state index >= 15 is 0 Å². The van der Waals surface area contributed by atoms with Gasteiger partial charge in [-0.2, -0.15) is 0 Å². The van der Waals surface area contributed by atoms with Crippen LogP contribution in [0.4, 0.5) is 5.69 Å². The van der Waals surface area contributed by atoms with Gasteiger partial charge in [-0.1, -0.05) is 12.8 Å². The molecule has 0 atom stereocenters. The van der Waals surface area contributed by atoms with E-state index in [1.807, 2.05) is 25.1 Å². The first kappa shape index (κ1) is 14.4. The number of anilines is 1. The summed E-state index contributed by atoms with van der Waals surface area (Å²) in [5, 5.41) is 3.10. The Labute approximate surface area is 129 Å². The molecule has 1 aliphatic heterocycles. The van der Waals surface area contributed by atoms with Crippen molar-refractivity contribution < 1.29 is 9.59 Å². The third-order valence-electron chi connectivity index (χ3n) is 4.17. The number of benzene rings is 1. The summed E-state index contributed by atoms with van der Waals surface area (Å²) in [6.07, 6.45) is 4.55. The Morgan fingerprint density at radius 2 is 2.14 bits per heavy atom. The van der Waals surface area contributed by atoms with Gasteiger partial charge in [-0.3, -0.25) is 9.59 Å². The maximum atomic E-state index is 12.3. The minimum absolute atomic E-state index is 0.0243. The lowest BCUT2D eigenvalue weighted by Crippen LogP contribution is -2.36. The lowest BCUT2D eigenvalue weighted by Gasteiger charge is -2.28. The molecule has 0 saturated heterocycles. The van der Waals surface area contributed by atoms with Crippen molar-refractivity contribution in [1.82, 2.24) is 5.32 Å². The summed E-state index contributed by atoms with van der Waals surface area (Å²) in [5.41, 5.74) is 1.52. The Bertz CT molecular complexity index is 567. The summed E-state index contributed by atoms with van der Waals surface area (Å²) in [4.78, 5) is 27.1. The van der Waals surface area contributed by atoms with Crippen LogP contribution in [0, 0.1) is 0 Å². The number of nitrogens with one attached hydrogen (secondary N) is 1. The van der Waals surface area contributed by atoms with Crippen LogP contribution < -0.4 is 10.2 Å². The van der Waals surface area contributed by atoms with E-state index in [-0.39, 0.29) is 11.8 Å².